The molecule has 0 aliphatic heterocycles. The van der Waals surface area contributed by atoms with E-state index in [-0.39, 0.29) is 17.2 Å². The summed E-state index contributed by atoms with van der Waals surface area (Å²) in [5.74, 6) is 0.530. The molecule has 1 saturated carbocycles. The molecule has 0 heterocycles. The molecule has 1 amide bonds. The Bertz CT molecular complexity index is 486. The number of aromatic hydroxyl groups is 1. The smallest absolute Gasteiger partial charge is 0.251 e. The predicted octanol–water partition coefficient (Wildman–Crippen LogP) is 1.26. The van der Waals surface area contributed by atoms with Crippen molar-refractivity contribution in [2.75, 3.05) is 13.7 Å². The molecule has 1 aromatic carbocycles. The molecule has 5 heteroatoms. The van der Waals surface area contributed by atoms with Crippen LogP contribution in [-0.2, 0) is 0 Å². The second-order valence-corrected chi connectivity index (χ2v) is 5.24. The molecule has 1 unspecified atom stereocenters. The third-order valence-corrected chi connectivity index (χ3v) is 3.74. The highest BCUT2D eigenvalue weighted by Crippen LogP contribution is 2.39. The molecule has 1 fully saturated rings. The number of carbonyl (C=O) groups excluding carboxylic acids is 1. The fourth-order valence-electron chi connectivity index (χ4n) is 2.20. The highest BCUT2D eigenvalue weighted by Gasteiger charge is 2.41. The van der Waals surface area contributed by atoms with Gasteiger partial charge in [-0.3, -0.25) is 4.79 Å². The molecule has 0 spiro atoms. The van der Waals surface area contributed by atoms with Crippen molar-refractivity contribution in [2.45, 2.75) is 25.3 Å². The Morgan fingerprint density at radius 1 is 1.58 bits per heavy atom. The number of nitrogens with one attached hydrogen (secondary N) is 1. The average Bonchev–Trinajstić information content (AvgIpc) is 3.23. The van der Waals surface area contributed by atoms with Crippen LogP contribution in [0.4, 0.5) is 0 Å². The molecule has 19 heavy (non-hydrogen) atoms. The van der Waals surface area contributed by atoms with Gasteiger partial charge in [-0.15, -0.1) is 0 Å². The van der Waals surface area contributed by atoms with Gasteiger partial charge in [0.1, 0.15) is 0 Å². The van der Waals surface area contributed by atoms with Crippen LogP contribution in [0.1, 0.15) is 30.1 Å². The van der Waals surface area contributed by atoms with Crippen molar-refractivity contribution in [1.82, 2.24) is 5.32 Å². The van der Waals surface area contributed by atoms with E-state index in [4.69, 9.17) is 10.5 Å². The lowest BCUT2D eigenvalue weighted by molar-refractivity contribution is 0.0897. The summed E-state index contributed by atoms with van der Waals surface area (Å²) in [6.07, 6.45) is 2.20. The molecule has 1 aromatic rings. The van der Waals surface area contributed by atoms with Crippen LogP contribution < -0.4 is 15.8 Å². The maximum atomic E-state index is 12.2. The van der Waals surface area contributed by atoms with Crippen molar-refractivity contribution in [3.05, 3.63) is 23.8 Å². The normalized spacial score (nSPS) is 17.6. The van der Waals surface area contributed by atoms with Crippen molar-refractivity contribution < 1.29 is 14.6 Å². The fourth-order valence-corrected chi connectivity index (χ4v) is 2.20. The van der Waals surface area contributed by atoms with Crippen molar-refractivity contribution in [3.8, 4) is 11.5 Å². The van der Waals surface area contributed by atoms with E-state index >= 15 is 0 Å². The number of hydrogen-bond donors (Lipinski definition) is 3. The summed E-state index contributed by atoms with van der Waals surface area (Å²) < 4.78 is 4.95. The molecule has 4 N–H and O–H groups in total. The van der Waals surface area contributed by atoms with Crippen LogP contribution in [0.25, 0.3) is 0 Å². The molecule has 0 saturated heterocycles. The standard InChI is InChI=1S/C14H20N2O3/c1-14(8-15,10-4-5-10)16-13(18)9-3-6-12(19-2)11(17)7-9/h3,6-7,10,17H,4-5,8,15H2,1-2H3,(H,16,18). The van der Waals surface area contributed by atoms with Crippen molar-refractivity contribution in [2.24, 2.45) is 11.7 Å². The molecule has 2 rings (SSSR count). The van der Waals surface area contributed by atoms with Crippen molar-refractivity contribution >= 4 is 5.91 Å². The van der Waals surface area contributed by atoms with E-state index in [9.17, 15) is 9.90 Å². The van der Waals surface area contributed by atoms with Gasteiger partial charge in [0, 0.05) is 12.1 Å². The van der Waals surface area contributed by atoms with Gasteiger partial charge in [0.15, 0.2) is 11.5 Å². The lowest BCUT2D eigenvalue weighted by Gasteiger charge is -2.29. The number of carbonyl (C=O) groups is 1. The first-order valence-corrected chi connectivity index (χ1v) is 6.40. The zero-order chi connectivity index (χ0) is 14.0. The van der Waals surface area contributed by atoms with Crippen LogP contribution in [0.15, 0.2) is 18.2 Å². The summed E-state index contributed by atoms with van der Waals surface area (Å²) in [6.45, 7) is 2.37. The number of benzene rings is 1. The van der Waals surface area contributed by atoms with Crippen LogP contribution in [0.3, 0.4) is 0 Å². The summed E-state index contributed by atoms with van der Waals surface area (Å²) in [5, 5.41) is 12.7. The number of amides is 1. The molecule has 104 valence electrons. The molecular formula is C14H20N2O3. The van der Waals surface area contributed by atoms with E-state index in [2.05, 4.69) is 5.32 Å². The van der Waals surface area contributed by atoms with Crippen molar-refractivity contribution in [3.63, 3.8) is 0 Å². The van der Waals surface area contributed by atoms with Crippen LogP contribution >= 0.6 is 0 Å². The fraction of sp³-hybridized carbons (Fsp3) is 0.500. The van der Waals surface area contributed by atoms with E-state index in [1.54, 1.807) is 12.1 Å². The van der Waals surface area contributed by atoms with E-state index in [1.807, 2.05) is 6.92 Å². The number of ether oxygens (including phenoxy) is 1. The maximum absolute atomic E-state index is 12.2. The molecule has 0 bridgehead atoms. The number of nitrogens with two attached hydrogens (primary N) is 1. The molecule has 5 nitrogen and oxygen atoms in total. The molecular weight excluding hydrogens is 244 g/mol. The van der Waals surface area contributed by atoms with Gasteiger partial charge >= 0.3 is 0 Å². The Balaban J connectivity index is 2.13. The minimum absolute atomic E-state index is 0.0453. The largest absolute Gasteiger partial charge is 0.504 e. The number of rotatable bonds is 5. The minimum Gasteiger partial charge on any atom is -0.504 e. The molecule has 1 aliphatic rings. The maximum Gasteiger partial charge on any atom is 0.251 e. The Morgan fingerprint density at radius 3 is 2.74 bits per heavy atom. The monoisotopic (exact) mass is 264 g/mol. The number of methoxy groups -OCH3 is 1. The van der Waals surface area contributed by atoms with Gasteiger partial charge in [0.05, 0.1) is 12.6 Å². The minimum atomic E-state index is -0.368. The summed E-state index contributed by atoms with van der Waals surface area (Å²) in [7, 11) is 1.47. The topological polar surface area (TPSA) is 84.6 Å². The SMILES string of the molecule is COc1ccc(C(=O)NC(C)(CN)C2CC2)cc1O. The van der Waals surface area contributed by atoms with Gasteiger partial charge in [-0.25, -0.2) is 0 Å². The predicted molar refractivity (Wildman–Crippen MR) is 72.3 cm³/mol. The van der Waals surface area contributed by atoms with Gasteiger partial charge in [-0.1, -0.05) is 0 Å². The number of phenolic OH excluding ortho intramolecular Hbond substituents is 1. The first-order chi connectivity index (χ1) is 9.00. The van der Waals surface area contributed by atoms with E-state index in [1.165, 1.54) is 13.2 Å². The van der Waals surface area contributed by atoms with Crippen molar-refractivity contribution in [1.29, 1.82) is 0 Å². The third kappa shape index (κ3) is 2.81. The average molecular weight is 264 g/mol. The quantitative estimate of drug-likeness (QED) is 0.747. The molecule has 1 atom stereocenters. The second kappa shape index (κ2) is 5.09. The zero-order valence-corrected chi connectivity index (χ0v) is 11.3. The van der Waals surface area contributed by atoms with Gasteiger partial charge in [0.2, 0.25) is 0 Å². The van der Waals surface area contributed by atoms with Crippen LogP contribution in [0.5, 0.6) is 11.5 Å². The summed E-state index contributed by atoms with van der Waals surface area (Å²) in [4.78, 5) is 12.2. The molecule has 1 aliphatic carbocycles. The van der Waals surface area contributed by atoms with Gasteiger partial charge in [0.25, 0.3) is 5.91 Å². The van der Waals surface area contributed by atoms with Crippen LogP contribution in [0, 0.1) is 5.92 Å². The Labute approximate surface area is 112 Å². The van der Waals surface area contributed by atoms with E-state index < -0.39 is 0 Å². The Hall–Kier alpha value is -1.75. The Kier molecular flexibility index (Phi) is 3.66. The van der Waals surface area contributed by atoms with Gasteiger partial charge < -0.3 is 20.9 Å². The highest BCUT2D eigenvalue weighted by molar-refractivity contribution is 5.95. The molecule has 0 aromatic heterocycles. The molecule has 0 radical (unpaired) electrons. The lowest BCUT2D eigenvalue weighted by Crippen LogP contribution is -2.53. The zero-order valence-electron chi connectivity index (χ0n) is 11.3. The van der Waals surface area contributed by atoms with Crippen LogP contribution in [0.2, 0.25) is 0 Å². The van der Waals surface area contributed by atoms with Gasteiger partial charge in [-0.2, -0.15) is 0 Å². The number of phenols is 1. The van der Waals surface area contributed by atoms with Crippen LogP contribution in [-0.4, -0.2) is 30.2 Å². The van der Waals surface area contributed by atoms with E-state index in [0.29, 0.717) is 23.8 Å². The summed E-state index contributed by atoms with van der Waals surface area (Å²) >= 11 is 0. The number of hydrogen-bond acceptors (Lipinski definition) is 4. The lowest BCUT2D eigenvalue weighted by atomic mass is 9.95. The second-order valence-electron chi connectivity index (χ2n) is 5.24. The highest BCUT2D eigenvalue weighted by atomic mass is 16.5. The third-order valence-electron chi connectivity index (χ3n) is 3.74. The first-order valence-electron chi connectivity index (χ1n) is 6.40. The van der Waals surface area contributed by atoms with Gasteiger partial charge in [-0.05, 0) is 43.9 Å². The Morgan fingerprint density at radius 2 is 2.26 bits per heavy atom. The first kappa shape index (κ1) is 13.7. The summed E-state index contributed by atoms with van der Waals surface area (Å²) in [5.41, 5.74) is 5.80. The summed E-state index contributed by atoms with van der Waals surface area (Å²) in [6, 6.07) is 4.59. The van der Waals surface area contributed by atoms with E-state index in [0.717, 1.165) is 12.8 Å².